The van der Waals surface area contributed by atoms with Crippen LogP contribution in [0.25, 0.3) is 0 Å². The summed E-state index contributed by atoms with van der Waals surface area (Å²) in [6.45, 7) is 0.327. The highest BCUT2D eigenvalue weighted by Gasteiger charge is 2.14. The van der Waals surface area contributed by atoms with Gasteiger partial charge >= 0.3 is 0 Å². The predicted molar refractivity (Wildman–Crippen MR) is 88.4 cm³/mol. The SMILES string of the molecule is CN(C)c1ccc(CNC(=O)c2cc(F)c(Cl)cc2Cl)cc1. The summed E-state index contributed by atoms with van der Waals surface area (Å²) >= 11 is 11.5. The molecule has 1 amide bonds. The summed E-state index contributed by atoms with van der Waals surface area (Å²) < 4.78 is 13.4. The molecule has 1 N–H and O–H groups in total. The average molecular weight is 341 g/mol. The van der Waals surface area contributed by atoms with Crippen molar-refractivity contribution in [2.75, 3.05) is 19.0 Å². The fraction of sp³-hybridized carbons (Fsp3) is 0.188. The van der Waals surface area contributed by atoms with E-state index >= 15 is 0 Å². The summed E-state index contributed by atoms with van der Waals surface area (Å²) in [4.78, 5) is 14.0. The van der Waals surface area contributed by atoms with Crippen LogP contribution in [0.2, 0.25) is 10.0 Å². The molecule has 22 heavy (non-hydrogen) atoms. The van der Waals surface area contributed by atoms with Crippen LogP contribution in [0.1, 0.15) is 15.9 Å². The third kappa shape index (κ3) is 3.90. The maximum atomic E-state index is 13.4. The number of nitrogens with zero attached hydrogens (tertiary/aromatic N) is 1. The number of hydrogen-bond donors (Lipinski definition) is 1. The van der Waals surface area contributed by atoms with Crippen LogP contribution in [0.5, 0.6) is 0 Å². The molecule has 2 aromatic rings. The molecule has 0 aliphatic heterocycles. The zero-order valence-electron chi connectivity index (χ0n) is 12.2. The lowest BCUT2D eigenvalue weighted by Crippen LogP contribution is -2.23. The Morgan fingerprint density at radius 2 is 1.77 bits per heavy atom. The molecule has 0 aliphatic carbocycles. The van der Waals surface area contributed by atoms with E-state index < -0.39 is 11.7 Å². The molecule has 6 heteroatoms. The highest BCUT2D eigenvalue weighted by molar-refractivity contribution is 6.36. The van der Waals surface area contributed by atoms with Gasteiger partial charge in [0.05, 0.1) is 15.6 Å². The van der Waals surface area contributed by atoms with Gasteiger partial charge in [0.15, 0.2) is 0 Å². The molecular weight excluding hydrogens is 326 g/mol. The van der Waals surface area contributed by atoms with Gasteiger partial charge in [0, 0.05) is 26.3 Å². The topological polar surface area (TPSA) is 32.3 Å². The summed E-state index contributed by atoms with van der Waals surface area (Å²) in [5, 5.41) is 2.71. The third-order valence-corrected chi connectivity index (χ3v) is 3.76. The lowest BCUT2D eigenvalue weighted by atomic mass is 10.1. The van der Waals surface area contributed by atoms with E-state index in [-0.39, 0.29) is 15.6 Å². The van der Waals surface area contributed by atoms with Crippen molar-refractivity contribution in [1.29, 1.82) is 0 Å². The summed E-state index contributed by atoms with van der Waals surface area (Å²) in [6.07, 6.45) is 0. The van der Waals surface area contributed by atoms with Gasteiger partial charge in [0.2, 0.25) is 0 Å². The molecular formula is C16H15Cl2FN2O. The van der Waals surface area contributed by atoms with Crippen molar-refractivity contribution in [3.05, 3.63) is 63.4 Å². The zero-order chi connectivity index (χ0) is 16.3. The first-order valence-corrected chi connectivity index (χ1v) is 7.33. The quantitative estimate of drug-likeness (QED) is 0.848. The van der Waals surface area contributed by atoms with Crippen LogP contribution >= 0.6 is 23.2 Å². The van der Waals surface area contributed by atoms with Crippen molar-refractivity contribution in [3.8, 4) is 0 Å². The predicted octanol–water partition coefficient (Wildman–Crippen LogP) is 4.13. The minimum atomic E-state index is -0.674. The number of nitrogens with one attached hydrogen (secondary N) is 1. The molecule has 0 saturated heterocycles. The lowest BCUT2D eigenvalue weighted by Gasteiger charge is -2.13. The largest absolute Gasteiger partial charge is 0.378 e. The number of anilines is 1. The van der Waals surface area contributed by atoms with Crippen molar-refractivity contribution in [3.63, 3.8) is 0 Å². The summed E-state index contributed by atoms with van der Waals surface area (Å²) in [6, 6.07) is 10.0. The Morgan fingerprint density at radius 3 is 2.36 bits per heavy atom. The van der Waals surface area contributed by atoms with Crippen LogP contribution in [0.4, 0.5) is 10.1 Å². The Balaban J connectivity index is 2.05. The first-order chi connectivity index (χ1) is 10.4. The molecule has 0 atom stereocenters. The molecule has 0 aromatic heterocycles. The summed E-state index contributed by atoms with van der Waals surface area (Å²) in [5.41, 5.74) is 2.07. The number of carbonyl (C=O) groups is 1. The maximum Gasteiger partial charge on any atom is 0.253 e. The zero-order valence-corrected chi connectivity index (χ0v) is 13.7. The lowest BCUT2D eigenvalue weighted by molar-refractivity contribution is 0.0950. The molecule has 0 radical (unpaired) electrons. The minimum absolute atomic E-state index is 0.0634. The van der Waals surface area contributed by atoms with E-state index in [0.717, 1.165) is 17.3 Å². The second kappa shape index (κ2) is 6.99. The van der Waals surface area contributed by atoms with Gasteiger partial charge < -0.3 is 10.2 Å². The van der Waals surface area contributed by atoms with Crippen LogP contribution in [0, 0.1) is 5.82 Å². The third-order valence-electron chi connectivity index (χ3n) is 3.16. The molecule has 0 saturated carbocycles. The summed E-state index contributed by atoms with van der Waals surface area (Å²) in [7, 11) is 3.90. The van der Waals surface area contributed by atoms with E-state index in [1.807, 2.05) is 43.3 Å². The van der Waals surface area contributed by atoms with Crippen LogP contribution < -0.4 is 10.2 Å². The molecule has 116 valence electrons. The van der Waals surface area contributed by atoms with E-state index in [9.17, 15) is 9.18 Å². The monoisotopic (exact) mass is 340 g/mol. The van der Waals surface area contributed by atoms with Crippen LogP contribution in [0.3, 0.4) is 0 Å². The Labute approximate surface area is 138 Å². The normalized spacial score (nSPS) is 10.4. The first-order valence-electron chi connectivity index (χ1n) is 6.57. The number of amides is 1. The van der Waals surface area contributed by atoms with Gasteiger partial charge in [-0.3, -0.25) is 4.79 Å². The van der Waals surface area contributed by atoms with Crippen molar-refractivity contribution < 1.29 is 9.18 Å². The van der Waals surface area contributed by atoms with Crippen molar-refractivity contribution >= 4 is 34.8 Å². The smallest absolute Gasteiger partial charge is 0.253 e. The summed E-state index contributed by atoms with van der Waals surface area (Å²) in [5.74, 6) is -1.12. The molecule has 0 spiro atoms. The number of benzene rings is 2. The van der Waals surface area contributed by atoms with E-state index in [0.29, 0.717) is 6.54 Å². The Bertz CT molecular complexity index is 687. The van der Waals surface area contributed by atoms with Gasteiger partial charge in [0.25, 0.3) is 5.91 Å². The average Bonchev–Trinajstić information content (AvgIpc) is 2.49. The highest BCUT2D eigenvalue weighted by Crippen LogP contribution is 2.24. The minimum Gasteiger partial charge on any atom is -0.378 e. The van der Waals surface area contributed by atoms with Gasteiger partial charge in [-0.2, -0.15) is 0 Å². The second-order valence-corrected chi connectivity index (χ2v) is 5.80. The van der Waals surface area contributed by atoms with Crippen molar-refractivity contribution in [1.82, 2.24) is 5.32 Å². The van der Waals surface area contributed by atoms with Gasteiger partial charge in [-0.15, -0.1) is 0 Å². The van der Waals surface area contributed by atoms with Crippen LogP contribution in [-0.4, -0.2) is 20.0 Å². The molecule has 0 heterocycles. The van der Waals surface area contributed by atoms with Crippen molar-refractivity contribution in [2.24, 2.45) is 0 Å². The fourth-order valence-corrected chi connectivity index (χ4v) is 2.36. The first kappa shape index (κ1) is 16.6. The highest BCUT2D eigenvalue weighted by atomic mass is 35.5. The van der Waals surface area contributed by atoms with Crippen LogP contribution in [0.15, 0.2) is 36.4 Å². The second-order valence-electron chi connectivity index (χ2n) is 4.99. The molecule has 0 aliphatic rings. The van der Waals surface area contributed by atoms with Gasteiger partial charge in [-0.05, 0) is 29.8 Å². The van der Waals surface area contributed by atoms with Gasteiger partial charge in [0.1, 0.15) is 5.82 Å². The van der Waals surface area contributed by atoms with E-state index in [2.05, 4.69) is 5.32 Å². The number of rotatable bonds is 4. The number of halogens is 3. The van der Waals surface area contributed by atoms with E-state index in [1.165, 1.54) is 6.07 Å². The molecule has 0 bridgehead atoms. The molecule has 3 nitrogen and oxygen atoms in total. The Kier molecular flexibility index (Phi) is 5.27. The standard InChI is InChI=1S/C16H15Cl2FN2O/c1-21(2)11-5-3-10(4-6-11)9-20-16(22)12-7-15(19)14(18)8-13(12)17/h3-8H,9H2,1-2H3,(H,20,22). The molecule has 2 rings (SSSR count). The molecule has 0 fully saturated rings. The van der Waals surface area contributed by atoms with Gasteiger partial charge in [-0.25, -0.2) is 4.39 Å². The number of hydrogen-bond acceptors (Lipinski definition) is 2. The van der Waals surface area contributed by atoms with Gasteiger partial charge in [-0.1, -0.05) is 35.3 Å². The Morgan fingerprint density at radius 1 is 1.14 bits per heavy atom. The maximum absolute atomic E-state index is 13.4. The van der Waals surface area contributed by atoms with E-state index in [4.69, 9.17) is 23.2 Å². The molecule has 0 unspecified atom stereocenters. The van der Waals surface area contributed by atoms with E-state index in [1.54, 1.807) is 0 Å². The van der Waals surface area contributed by atoms with Crippen LogP contribution in [-0.2, 0) is 6.54 Å². The van der Waals surface area contributed by atoms with Crippen molar-refractivity contribution in [2.45, 2.75) is 6.54 Å². The number of carbonyl (C=O) groups excluding carboxylic acids is 1. The fourth-order valence-electron chi connectivity index (χ4n) is 1.89. The Hall–Kier alpha value is -1.78. The molecule has 2 aromatic carbocycles.